The topological polar surface area (TPSA) is 49.8 Å². The molecule has 4 nitrogen and oxygen atoms in total. The Labute approximate surface area is 157 Å². The van der Waals surface area contributed by atoms with Gasteiger partial charge in [0.15, 0.2) is 5.82 Å². The van der Waals surface area contributed by atoms with Gasteiger partial charge in [-0.05, 0) is 67.6 Å². The number of hydrogen-bond donors (Lipinski definition) is 2. The van der Waals surface area contributed by atoms with Crippen molar-refractivity contribution in [3.05, 3.63) is 76.7 Å². The van der Waals surface area contributed by atoms with Crippen molar-refractivity contribution in [3.8, 4) is 0 Å². The second-order valence-corrected chi connectivity index (χ2v) is 6.85. The van der Waals surface area contributed by atoms with E-state index >= 15 is 0 Å². The molecule has 0 bridgehead atoms. The van der Waals surface area contributed by atoms with Crippen LogP contribution in [0.1, 0.15) is 17.0 Å². The monoisotopic (exact) mass is 362 g/mol. The van der Waals surface area contributed by atoms with E-state index in [1.807, 2.05) is 36.6 Å². The van der Waals surface area contributed by atoms with Crippen LogP contribution >= 0.6 is 11.6 Å². The molecule has 1 aliphatic rings. The third-order valence-corrected chi connectivity index (χ3v) is 4.75. The van der Waals surface area contributed by atoms with Gasteiger partial charge in [-0.25, -0.2) is 9.97 Å². The van der Waals surface area contributed by atoms with Crippen molar-refractivity contribution >= 4 is 39.6 Å². The molecule has 0 aliphatic carbocycles. The Bertz CT molecular complexity index is 1050. The maximum atomic E-state index is 6.21. The average Bonchev–Trinajstić information content (AvgIpc) is 2.65. The summed E-state index contributed by atoms with van der Waals surface area (Å²) in [6.07, 6.45) is 5.91. The molecule has 2 aromatic carbocycles. The Morgan fingerprint density at radius 2 is 1.92 bits per heavy atom. The molecule has 0 spiro atoms. The van der Waals surface area contributed by atoms with Crippen molar-refractivity contribution in [1.29, 1.82) is 0 Å². The smallest absolute Gasteiger partial charge is 0.159 e. The van der Waals surface area contributed by atoms with Crippen molar-refractivity contribution in [2.24, 2.45) is 0 Å². The number of aromatic nitrogens is 2. The van der Waals surface area contributed by atoms with E-state index in [1.165, 1.54) is 11.1 Å². The maximum absolute atomic E-state index is 6.21. The molecule has 0 saturated carbocycles. The minimum Gasteiger partial charge on any atom is -0.387 e. The highest BCUT2D eigenvalue weighted by Gasteiger charge is 2.13. The number of nitrogens with zero attached hydrogens (tertiary/aromatic N) is 2. The Morgan fingerprint density at radius 3 is 2.69 bits per heavy atom. The van der Waals surface area contributed by atoms with Crippen LogP contribution in [0, 0.1) is 13.8 Å². The minimum atomic E-state index is 0.665. The molecule has 1 aromatic heterocycles. The van der Waals surface area contributed by atoms with Crippen LogP contribution in [0.4, 0.5) is 11.5 Å². The van der Waals surface area contributed by atoms with Crippen LogP contribution in [0.3, 0.4) is 0 Å². The van der Waals surface area contributed by atoms with Crippen molar-refractivity contribution in [2.45, 2.75) is 13.8 Å². The van der Waals surface area contributed by atoms with Crippen molar-refractivity contribution in [1.82, 2.24) is 15.3 Å². The molecule has 2 heterocycles. The van der Waals surface area contributed by atoms with Crippen LogP contribution in [0.2, 0.25) is 5.02 Å². The second-order valence-electron chi connectivity index (χ2n) is 6.41. The van der Waals surface area contributed by atoms with Gasteiger partial charge in [0.2, 0.25) is 0 Å². The van der Waals surface area contributed by atoms with Crippen molar-refractivity contribution < 1.29 is 0 Å². The molecule has 1 aliphatic heterocycles. The zero-order valence-electron chi connectivity index (χ0n) is 14.7. The van der Waals surface area contributed by atoms with Crippen molar-refractivity contribution in [2.75, 3.05) is 11.9 Å². The predicted octanol–water partition coefficient (Wildman–Crippen LogP) is 5.14. The van der Waals surface area contributed by atoms with Gasteiger partial charge in [0, 0.05) is 28.2 Å². The minimum absolute atomic E-state index is 0.665. The number of dihydropyridines is 1. The number of rotatable bonds is 3. The number of hydrogen-bond acceptors (Lipinski definition) is 4. The number of anilines is 2. The SMILES string of the molecule is Cc1ccc(Nc2nc(C3=CC=CNC3)nc3ccc(Cl)cc23)cc1C. The van der Waals surface area contributed by atoms with Crippen molar-refractivity contribution in [3.63, 3.8) is 0 Å². The summed E-state index contributed by atoms with van der Waals surface area (Å²) in [5, 5.41) is 8.22. The van der Waals surface area contributed by atoms with Crippen LogP contribution in [-0.4, -0.2) is 16.5 Å². The highest BCUT2D eigenvalue weighted by atomic mass is 35.5. The van der Waals surface area contributed by atoms with E-state index in [0.717, 1.165) is 28.0 Å². The summed E-state index contributed by atoms with van der Waals surface area (Å²) < 4.78 is 0. The van der Waals surface area contributed by atoms with Gasteiger partial charge in [0.25, 0.3) is 0 Å². The van der Waals surface area contributed by atoms with E-state index in [9.17, 15) is 0 Å². The quantitative estimate of drug-likeness (QED) is 0.677. The normalized spacial score (nSPS) is 13.4. The molecule has 2 N–H and O–H groups in total. The summed E-state index contributed by atoms with van der Waals surface area (Å²) in [6.45, 7) is 4.91. The van der Waals surface area contributed by atoms with E-state index in [0.29, 0.717) is 17.4 Å². The third-order valence-electron chi connectivity index (χ3n) is 4.52. The van der Waals surface area contributed by atoms with E-state index in [-0.39, 0.29) is 0 Å². The molecule has 0 unspecified atom stereocenters. The lowest BCUT2D eigenvalue weighted by atomic mass is 10.1. The molecule has 4 rings (SSSR count). The van der Waals surface area contributed by atoms with Gasteiger partial charge in [-0.1, -0.05) is 23.7 Å². The van der Waals surface area contributed by atoms with Gasteiger partial charge in [-0.15, -0.1) is 0 Å². The van der Waals surface area contributed by atoms with Crippen LogP contribution in [0.5, 0.6) is 0 Å². The Hall–Kier alpha value is -2.85. The summed E-state index contributed by atoms with van der Waals surface area (Å²) in [4.78, 5) is 9.51. The Balaban J connectivity index is 1.84. The van der Waals surface area contributed by atoms with E-state index in [4.69, 9.17) is 21.6 Å². The number of aryl methyl sites for hydroxylation is 2. The van der Waals surface area contributed by atoms with E-state index in [2.05, 4.69) is 42.7 Å². The molecule has 130 valence electrons. The van der Waals surface area contributed by atoms with Gasteiger partial charge < -0.3 is 10.6 Å². The highest BCUT2D eigenvalue weighted by molar-refractivity contribution is 6.31. The fourth-order valence-electron chi connectivity index (χ4n) is 2.91. The average molecular weight is 363 g/mol. The highest BCUT2D eigenvalue weighted by Crippen LogP contribution is 2.29. The van der Waals surface area contributed by atoms with Crippen LogP contribution < -0.4 is 10.6 Å². The molecule has 3 aromatic rings. The number of allylic oxidation sites excluding steroid dienone is 2. The molecular weight excluding hydrogens is 344 g/mol. The lowest BCUT2D eigenvalue weighted by molar-refractivity contribution is 0.967. The number of fused-ring (bicyclic) bond motifs is 1. The number of benzene rings is 2. The standard InChI is InChI=1S/C21H19ClN4/c1-13-5-7-17(10-14(13)2)24-21-18-11-16(22)6-8-19(18)25-20(26-21)15-4-3-9-23-12-15/h3-11,23H,12H2,1-2H3,(H,24,25,26). The Morgan fingerprint density at radius 1 is 1.04 bits per heavy atom. The first kappa shape index (κ1) is 16.6. The van der Waals surface area contributed by atoms with Gasteiger partial charge in [0.1, 0.15) is 5.82 Å². The first-order valence-corrected chi connectivity index (χ1v) is 8.89. The molecule has 26 heavy (non-hydrogen) atoms. The first-order chi connectivity index (χ1) is 12.6. The van der Waals surface area contributed by atoms with E-state index < -0.39 is 0 Å². The lowest BCUT2D eigenvalue weighted by Crippen LogP contribution is -2.14. The molecule has 5 heteroatoms. The lowest BCUT2D eigenvalue weighted by Gasteiger charge is -2.15. The van der Waals surface area contributed by atoms with Gasteiger partial charge in [-0.2, -0.15) is 0 Å². The molecule has 0 atom stereocenters. The van der Waals surface area contributed by atoms with Crippen LogP contribution in [0.15, 0.2) is 54.8 Å². The second kappa shape index (κ2) is 6.81. The molecule has 0 saturated heterocycles. The van der Waals surface area contributed by atoms with Crippen LogP contribution in [-0.2, 0) is 0 Å². The zero-order valence-corrected chi connectivity index (χ0v) is 15.4. The summed E-state index contributed by atoms with van der Waals surface area (Å²) in [6, 6.07) is 12.0. The van der Waals surface area contributed by atoms with Crippen LogP contribution in [0.25, 0.3) is 16.5 Å². The van der Waals surface area contributed by atoms with Gasteiger partial charge in [0.05, 0.1) is 5.52 Å². The molecular formula is C21H19ClN4. The summed E-state index contributed by atoms with van der Waals surface area (Å²) in [5.41, 5.74) is 5.40. The summed E-state index contributed by atoms with van der Waals surface area (Å²) in [5.74, 6) is 1.47. The molecule has 0 amide bonds. The largest absolute Gasteiger partial charge is 0.387 e. The summed E-state index contributed by atoms with van der Waals surface area (Å²) in [7, 11) is 0. The number of halogens is 1. The number of nitrogens with one attached hydrogen (secondary N) is 2. The fraction of sp³-hybridized carbons (Fsp3) is 0.143. The zero-order chi connectivity index (χ0) is 18.1. The maximum Gasteiger partial charge on any atom is 0.159 e. The predicted molar refractivity (Wildman–Crippen MR) is 109 cm³/mol. The third kappa shape index (κ3) is 3.28. The van der Waals surface area contributed by atoms with Gasteiger partial charge in [-0.3, -0.25) is 0 Å². The Kier molecular flexibility index (Phi) is 4.35. The fourth-order valence-corrected chi connectivity index (χ4v) is 3.08. The molecule has 0 radical (unpaired) electrons. The first-order valence-electron chi connectivity index (χ1n) is 8.51. The molecule has 0 fully saturated rings. The van der Waals surface area contributed by atoms with E-state index in [1.54, 1.807) is 0 Å². The summed E-state index contributed by atoms with van der Waals surface area (Å²) >= 11 is 6.21. The van der Waals surface area contributed by atoms with Gasteiger partial charge >= 0.3 is 0 Å².